The number of nitrogens with zero attached hydrogens (tertiary/aromatic N) is 1. The summed E-state index contributed by atoms with van der Waals surface area (Å²) in [6.45, 7) is 0. The van der Waals surface area contributed by atoms with Crippen LogP contribution in [0.2, 0.25) is 0 Å². The third-order valence-corrected chi connectivity index (χ3v) is 8.43. The van der Waals surface area contributed by atoms with Crippen LogP contribution in [-0.4, -0.2) is 11.8 Å². The lowest BCUT2D eigenvalue weighted by Gasteiger charge is -2.44. The van der Waals surface area contributed by atoms with Gasteiger partial charge in [0, 0.05) is 0 Å². The second-order valence-electron chi connectivity index (χ2n) is 9.11. The highest BCUT2D eigenvalue weighted by atomic mass is 16.2. The largest absolute Gasteiger partial charge is 0.274 e. The third kappa shape index (κ3) is 1.36. The van der Waals surface area contributed by atoms with Crippen molar-refractivity contribution in [3.05, 3.63) is 41.5 Å². The molecule has 3 saturated carbocycles. The highest BCUT2D eigenvalue weighted by molar-refractivity contribution is 6.23. The summed E-state index contributed by atoms with van der Waals surface area (Å²) in [5, 5.41) is 0. The molecular weight excluding hydrogens is 310 g/mol. The Hall–Kier alpha value is -1.90. The van der Waals surface area contributed by atoms with Crippen LogP contribution in [0, 0.1) is 47.3 Å². The molecule has 126 valence electrons. The Morgan fingerprint density at radius 2 is 1.28 bits per heavy atom. The summed E-state index contributed by atoms with van der Waals surface area (Å²) in [5.41, 5.74) is 4.12. The quantitative estimate of drug-likeness (QED) is 0.584. The van der Waals surface area contributed by atoms with Gasteiger partial charge in [-0.1, -0.05) is 29.3 Å². The van der Waals surface area contributed by atoms with Gasteiger partial charge < -0.3 is 0 Å². The van der Waals surface area contributed by atoms with Gasteiger partial charge in [0.15, 0.2) is 0 Å². The first-order valence-electron chi connectivity index (χ1n) is 9.92. The Bertz CT molecular complexity index is 821. The van der Waals surface area contributed by atoms with Crippen molar-refractivity contribution in [1.29, 1.82) is 0 Å². The van der Waals surface area contributed by atoms with E-state index in [9.17, 15) is 9.59 Å². The molecule has 3 heteroatoms. The molecule has 0 aromatic heterocycles. The molecule has 4 bridgehead atoms. The molecule has 8 rings (SSSR count). The molecule has 1 aromatic rings. The van der Waals surface area contributed by atoms with Crippen LogP contribution >= 0.6 is 0 Å². The van der Waals surface area contributed by atoms with Gasteiger partial charge in [0.05, 0.1) is 17.5 Å². The van der Waals surface area contributed by atoms with E-state index in [2.05, 4.69) is 0 Å². The zero-order chi connectivity index (χ0) is 16.4. The first-order valence-corrected chi connectivity index (χ1v) is 9.92. The van der Waals surface area contributed by atoms with Crippen LogP contribution < -0.4 is 4.90 Å². The van der Waals surface area contributed by atoms with E-state index >= 15 is 0 Å². The van der Waals surface area contributed by atoms with E-state index in [1.165, 1.54) is 24.2 Å². The fourth-order valence-corrected chi connectivity index (χ4v) is 7.72. The van der Waals surface area contributed by atoms with E-state index in [0.717, 1.165) is 35.8 Å². The predicted octanol–water partition coefficient (Wildman–Crippen LogP) is 3.41. The van der Waals surface area contributed by atoms with Crippen molar-refractivity contribution >= 4 is 17.5 Å². The molecule has 6 aliphatic carbocycles. The number of hydrogen-bond acceptors (Lipinski definition) is 2. The smallest absolute Gasteiger partial charge is 0.238 e. The summed E-state index contributed by atoms with van der Waals surface area (Å²) in [7, 11) is 0. The molecule has 25 heavy (non-hydrogen) atoms. The van der Waals surface area contributed by atoms with Gasteiger partial charge >= 0.3 is 0 Å². The van der Waals surface area contributed by atoms with Gasteiger partial charge in [0.2, 0.25) is 11.8 Å². The monoisotopic (exact) mass is 331 g/mol. The Morgan fingerprint density at radius 1 is 0.720 bits per heavy atom. The lowest BCUT2D eigenvalue weighted by atomic mass is 9.60. The summed E-state index contributed by atoms with van der Waals surface area (Å²) in [5.74, 6) is 4.16. The van der Waals surface area contributed by atoms with Crippen molar-refractivity contribution in [3.63, 3.8) is 0 Å². The number of carbonyl (C=O) groups is 2. The van der Waals surface area contributed by atoms with Gasteiger partial charge in [0.25, 0.3) is 0 Å². The van der Waals surface area contributed by atoms with E-state index < -0.39 is 0 Å². The van der Waals surface area contributed by atoms with Crippen LogP contribution in [0.5, 0.6) is 0 Å². The molecule has 3 nitrogen and oxygen atoms in total. The number of imide groups is 1. The minimum atomic E-state index is -0.0620. The Balaban J connectivity index is 1.34. The van der Waals surface area contributed by atoms with E-state index in [4.69, 9.17) is 0 Å². The summed E-state index contributed by atoms with van der Waals surface area (Å²) >= 11 is 0. The molecular formula is C22H21NO2. The average Bonchev–Trinajstić information content (AvgIpc) is 3.17. The molecule has 1 aromatic carbocycles. The number of fused-ring (bicyclic) bond motifs is 6. The second kappa shape index (κ2) is 4.08. The minimum Gasteiger partial charge on any atom is -0.274 e. The fraction of sp³-hybridized carbons (Fsp3) is 0.545. The van der Waals surface area contributed by atoms with E-state index in [1.807, 2.05) is 30.3 Å². The molecule has 2 amide bonds. The molecule has 1 aliphatic heterocycles. The zero-order valence-corrected chi connectivity index (χ0v) is 14.1. The highest BCUT2D eigenvalue weighted by Gasteiger charge is 2.70. The molecule has 8 atom stereocenters. The van der Waals surface area contributed by atoms with E-state index in [1.54, 1.807) is 11.1 Å². The van der Waals surface area contributed by atoms with Crippen LogP contribution in [0.4, 0.5) is 5.69 Å². The normalized spacial score (nSPS) is 48.1. The maximum absolute atomic E-state index is 13.2. The number of para-hydroxylation sites is 1. The van der Waals surface area contributed by atoms with Crippen LogP contribution in [0.15, 0.2) is 41.5 Å². The van der Waals surface area contributed by atoms with Gasteiger partial charge in [-0.3, -0.25) is 14.5 Å². The van der Waals surface area contributed by atoms with Gasteiger partial charge in [-0.25, -0.2) is 0 Å². The van der Waals surface area contributed by atoms with Gasteiger partial charge in [0.1, 0.15) is 0 Å². The van der Waals surface area contributed by atoms with Crippen LogP contribution in [-0.2, 0) is 9.59 Å². The molecule has 7 aliphatic rings. The van der Waals surface area contributed by atoms with Crippen LogP contribution in [0.1, 0.15) is 25.7 Å². The second-order valence-corrected chi connectivity index (χ2v) is 9.11. The number of hydrogen-bond donors (Lipinski definition) is 0. The summed E-state index contributed by atoms with van der Waals surface area (Å²) in [6.07, 6.45) is 5.19. The molecule has 1 saturated heterocycles. The molecule has 0 spiro atoms. The first kappa shape index (κ1) is 13.3. The molecule has 0 radical (unpaired) electrons. The third-order valence-electron chi connectivity index (χ3n) is 8.43. The fourth-order valence-electron chi connectivity index (χ4n) is 7.72. The SMILES string of the molecule is O=C1[C@@H]2[C@H](C(=O)N1c1ccccc1)[C@H]1C[C@H]2C2=C1[C@H]1CC[C@H]2[C@@H]2C[C@H]21. The number of rotatable bonds is 1. The lowest BCUT2D eigenvalue weighted by Crippen LogP contribution is -2.38. The van der Waals surface area contributed by atoms with Crippen molar-refractivity contribution in [2.24, 2.45) is 47.3 Å². The van der Waals surface area contributed by atoms with E-state index in [0.29, 0.717) is 11.8 Å². The van der Waals surface area contributed by atoms with Crippen molar-refractivity contribution in [1.82, 2.24) is 0 Å². The summed E-state index contributed by atoms with van der Waals surface area (Å²) in [4.78, 5) is 28.0. The molecule has 4 fully saturated rings. The van der Waals surface area contributed by atoms with Crippen LogP contribution in [0.3, 0.4) is 0 Å². The summed E-state index contributed by atoms with van der Waals surface area (Å²) < 4.78 is 0. The maximum Gasteiger partial charge on any atom is 0.238 e. The van der Waals surface area contributed by atoms with Gasteiger partial charge in [-0.15, -0.1) is 0 Å². The summed E-state index contributed by atoms with van der Waals surface area (Å²) in [6, 6.07) is 9.55. The number of allylic oxidation sites excluding steroid dienone is 2. The molecule has 0 N–H and O–H groups in total. The number of amides is 2. The number of anilines is 1. The predicted molar refractivity (Wildman–Crippen MR) is 92.3 cm³/mol. The van der Waals surface area contributed by atoms with Crippen LogP contribution in [0.25, 0.3) is 0 Å². The van der Waals surface area contributed by atoms with Crippen molar-refractivity contribution in [2.75, 3.05) is 4.90 Å². The average molecular weight is 331 g/mol. The topological polar surface area (TPSA) is 37.4 Å². The van der Waals surface area contributed by atoms with Crippen molar-refractivity contribution in [2.45, 2.75) is 25.7 Å². The standard InChI is InChI=1S/C22H21NO2/c24-21-19-15-9-16(18-12-7-6-11(17(15)18)13-8-14(12)13)20(19)22(25)23(21)10-4-2-1-3-5-10/h1-5,11-16,19-20H,6-9H2/t11-,12-,13-,14-,15-,16-,19-,20+/m0/s1. The number of benzene rings is 1. The van der Waals surface area contributed by atoms with Crippen molar-refractivity contribution in [3.8, 4) is 0 Å². The lowest BCUT2D eigenvalue weighted by molar-refractivity contribution is -0.123. The first-order chi connectivity index (χ1) is 12.3. The minimum absolute atomic E-state index is 0.0620. The Labute approximate surface area is 147 Å². The van der Waals surface area contributed by atoms with E-state index in [-0.39, 0.29) is 23.7 Å². The Morgan fingerprint density at radius 3 is 1.84 bits per heavy atom. The Kier molecular flexibility index (Phi) is 2.18. The zero-order valence-electron chi connectivity index (χ0n) is 14.1. The highest BCUT2D eigenvalue weighted by Crippen LogP contribution is 2.73. The molecule has 1 heterocycles. The molecule has 0 unspecified atom stereocenters. The maximum atomic E-state index is 13.2. The number of carbonyl (C=O) groups excluding carboxylic acids is 2. The van der Waals surface area contributed by atoms with Gasteiger partial charge in [-0.05, 0) is 73.3 Å². The van der Waals surface area contributed by atoms with Gasteiger partial charge in [-0.2, -0.15) is 0 Å². The van der Waals surface area contributed by atoms with Crippen molar-refractivity contribution < 1.29 is 9.59 Å².